The maximum absolute atomic E-state index is 9.82. The first-order valence-corrected chi connectivity index (χ1v) is 2.40. The van der Waals surface area contributed by atoms with Gasteiger partial charge in [0.1, 0.15) is 0 Å². The molecule has 4 heteroatoms. The molecule has 0 aliphatic carbocycles. The van der Waals surface area contributed by atoms with Crippen molar-refractivity contribution in [3.8, 4) is 0 Å². The van der Waals surface area contributed by atoms with Gasteiger partial charge in [-0.3, -0.25) is 4.79 Å². The number of hydrogen-bond acceptors (Lipinski definition) is 2. The summed E-state index contributed by atoms with van der Waals surface area (Å²) in [6.07, 6.45) is 0. The van der Waals surface area contributed by atoms with E-state index in [2.05, 4.69) is 17.9 Å². The highest BCUT2D eigenvalue weighted by Gasteiger charge is 1.81. The minimum Gasteiger partial charge on any atom is -0.466 e. The fourth-order valence-corrected chi connectivity index (χ4v) is 0.203. The number of rotatable bonds is 1. The summed E-state index contributed by atoms with van der Waals surface area (Å²) in [6, 6.07) is 0. The topological polar surface area (TPSA) is 26.3 Å². The first-order chi connectivity index (χ1) is 3.77. The average molecular weight is 189 g/mol. The third-order valence-corrected chi connectivity index (χ3v) is 0.348. The molecule has 0 radical (unpaired) electrons. The SMILES string of the molecule is C=C.CCOC(C)=O.Cl.Cl. The highest BCUT2D eigenvalue weighted by atomic mass is 35.5. The Morgan fingerprint density at radius 1 is 1.40 bits per heavy atom. The molecular weight excluding hydrogens is 175 g/mol. The molecule has 0 heterocycles. The Morgan fingerprint density at radius 3 is 1.70 bits per heavy atom. The molecule has 0 aliphatic rings. The van der Waals surface area contributed by atoms with E-state index in [0.29, 0.717) is 6.61 Å². The maximum Gasteiger partial charge on any atom is 0.302 e. The lowest BCUT2D eigenvalue weighted by Crippen LogP contribution is -1.95. The van der Waals surface area contributed by atoms with Crippen molar-refractivity contribution in [2.75, 3.05) is 6.61 Å². The molecular formula is C6H14Cl2O2. The standard InChI is InChI=1S/C4H8O2.C2H4.2ClH/c1-3-6-4(2)5;1-2;;/h3H2,1-2H3;1-2H2;2*1H. The summed E-state index contributed by atoms with van der Waals surface area (Å²) >= 11 is 0. The fourth-order valence-electron chi connectivity index (χ4n) is 0.203. The van der Waals surface area contributed by atoms with Crippen molar-refractivity contribution in [1.29, 1.82) is 0 Å². The molecule has 0 unspecified atom stereocenters. The van der Waals surface area contributed by atoms with Crippen LogP contribution in [-0.2, 0) is 9.53 Å². The maximum atomic E-state index is 9.82. The summed E-state index contributed by atoms with van der Waals surface area (Å²) in [5, 5.41) is 0. The van der Waals surface area contributed by atoms with Gasteiger partial charge in [0.2, 0.25) is 0 Å². The minimum absolute atomic E-state index is 0. The summed E-state index contributed by atoms with van der Waals surface area (Å²) < 4.78 is 4.40. The molecule has 0 aliphatic heterocycles. The van der Waals surface area contributed by atoms with Crippen molar-refractivity contribution in [3.63, 3.8) is 0 Å². The number of halogens is 2. The minimum atomic E-state index is -0.211. The molecule has 0 atom stereocenters. The van der Waals surface area contributed by atoms with E-state index in [0.717, 1.165) is 0 Å². The quantitative estimate of drug-likeness (QED) is 0.467. The normalized spacial score (nSPS) is 5.00. The number of hydrogen-bond donors (Lipinski definition) is 0. The van der Waals surface area contributed by atoms with Crippen LogP contribution in [0, 0.1) is 0 Å². The number of carbonyl (C=O) groups is 1. The van der Waals surface area contributed by atoms with Crippen LogP contribution >= 0.6 is 24.8 Å². The van der Waals surface area contributed by atoms with Crippen LogP contribution in [0.15, 0.2) is 13.2 Å². The van der Waals surface area contributed by atoms with E-state index < -0.39 is 0 Å². The Labute approximate surface area is 74.5 Å². The first kappa shape index (κ1) is 22.6. The van der Waals surface area contributed by atoms with Gasteiger partial charge in [0.15, 0.2) is 0 Å². The van der Waals surface area contributed by atoms with Crippen LogP contribution in [0.1, 0.15) is 13.8 Å². The molecule has 0 bridgehead atoms. The van der Waals surface area contributed by atoms with Gasteiger partial charge in [0, 0.05) is 6.92 Å². The summed E-state index contributed by atoms with van der Waals surface area (Å²) in [7, 11) is 0. The summed E-state index contributed by atoms with van der Waals surface area (Å²) in [4.78, 5) is 9.82. The Kier molecular flexibility index (Phi) is 52.5. The van der Waals surface area contributed by atoms with Crippen molar-refractivity contribution < 1.29 is 9.53 Å². The lowest BCUT2D eigenvalue weighted by molar-refractivity contribution is -0.140. The van der Waals surface area contributed by atoms with E-state index in [-0.39, 0.29) is 30.8 Å². The molecule has 0 fully saturated rings. The molecule has 0 N–H and O–H groups in total. The first-order valence-electron chi connectivity index (χ1n) is 2.40. The van der Waals surface area contributed by atoms with Gasteiger partial charge in [-0.05, 0) is 6.92 Å². The van der Waals surface area contributed by atoms with Gasteiger partial charge in [0.05, 0.1) is 6.61 Å². The Bertz CT molecular complexity index is 66.8. The number of esters is 1. The molecule has 0 aromatic heterocycles. The van der Waals surface area contributed by atoms with Gasteiger partial charge in [-0.15, -0.1) is 38.0 Å². The average Bonchev–Trinajstić information content (AvgIpc) is 1.72. The van der Waals surface area contributed by atoms with E-state index in [1.165, 1.54) is 6.92 Å². The van der Waals surface area contributed by atoms with E-state index in [4.69, 9.17) is 0 Å². The van der Waals surface area contributed by atoms with Gasteiger partial charge >= 0.3 is 5.97 Å². The van der Waals surface area contributed by atoms with Gasteiger partial charge in [-0.25, -0.2) is 0 Å². The van der Waals surface area contributed by atoms with E-state index in [1.807, 2.05) is 0 Å². The van der Waals surface area contributed by atoms with E-state index in [9.17, 15) is 4.79 Å². The van der Waals surface area contributed by atoms with Gasteiger partial charge < -0.3 is 4.74 Å². The molecule has 0 amide bonds. The van der Waals surface area contributed by atoms with Crippen molar-refractivity contribution in [1.82, 2.24) is 0 Å². The largest absolute Gasteiger partial charge is 0.466 e. The third kappa shape index (κ3) is 46.1. The Morgan fingerprint density at radius 2 is 1.70 bits per heavy atom. The number of carbonyl (C=O) groups excluding carboxylic acids is 1. The van der Waals surface area contributed by atoms with Crippen LogP contribution in [-0.4, -0.2) is 12.6 Å². The monoisotopic (exact) mass is 188 g/mol. The predicted octanol–water partition coefficient (Wildman–Crippen LogP) is 2.22. The second kappa shape index (κ2) is 23.2. The Hall–Kier alpha value is -0.210. The van der Waals surface area contributed by atoms with Gasteiger partial charge in [-0.1, -0.05) is 0 Å². The zero-order valence-corrected chi connectivity index (χ0v) is 7.89. The number of ether oxygens (including phenoxy) is 1. The Balaban J connectivity index is -0.0000000412. The van der Waals surface area contributed by atoms with Crippen LogP contribution in [0.25, 0.3) is 0 Å². The lowest BCUT2D eigenvalue weighted by Gasteiger charge is -1.89. The third-order valence-electron chi connectivity index (χ3n) is 0.348. The van der Waals surface area contributed by atoms with Crippen molar-refractivity contribution in [2.45, 2.75) is 13.8 Å². The molecule has 64 valence electrons. The highest BCUT2D eigenvalue weighted by Crippen LogP contribution is 1.69. The second-order valence-corrected chi connectivity index (χ2v) is 0.925. The van der Waals surface area contributed by atoms with E-state index in [1.54, 1.807) is 6.92 Å². The van der Waals surface area contributed by atoms with Crippen molar-refractivity contribution in [2.24, 2.45) is 0 Å². The van der Waals surface area contributed by atoms with Crippen LogP contribution in [0.3, 0.4) is 0 Å². The van der Waals surface area contributed by atoms with Crippen LogP contribution in [0.2, 0.25) is 0 Å². The molecule has 0 spiro atoms. The zero-order valence-electron chi connectivity index (χ0n) is 6.25. The fraction of sp³-hybridized carbons (Fsp3) is 0.500. The lowest BCUT2D eigenvalue weighted by atomic mass is 10.8. The van der Waals surface area contributed by atoms with Crippen LogP contribution in [0.5, 0.6) is 0 Å². The zero-order chi connectivity index (χ0) is 6.99. The molecule has 0 saturated heterocycles. The molecule has 0 saturated carbocycles. The molecule has 0 aromatic carbocycles. The predicted molar refractivity (Wildman–Crippen MR) is 48.1 cm³/mol. The van der Waals surface area contributed by atoms with Crippen molar-refractivity contribution in [3.05, 3.63) is 13.2 Å². The van der Waals surface area contributed by atoms with Gasteiger partial charge in [-0.2, -0.15) is 0 Å². The van der Waals surface area contributed by atoms with E-state index >= 15 is 0 Å². The second-order valence-electron chi connectivity index (χ2n) is 0.925. The van der Waals surface area contributed by atoms with Crippen molar-refractivity contribution >= 4 is 30.8 Å². The van der Waals surface area contributed by atoms with Crippen LogP contribution in [0.4, 0.5) is 0 Å². The smallest absolute Gasteiger partial charge is 0.302 e. The van der Waals surface area contributed by atoms with Crippen LogP contribution < -0.4 is 0 Å². The highest BCUT2D eigenvalue weighted by molar-refractivity contribution is 5.85. The summed E-state index contributed by atoms with van der Waals surface area (Å²) in [6.45, 7) is 9.65. The summed E-state index contributed by atoms with van der Waals surface area (Å²) in [5.74, 6) is -0.211. The summed E-state index contributed by atoms with van der Waals surface area (Å²) in [5.41, 5.74) is 0. The molecule has 10 heavy (non-hydrogen) atoms. The molecule has 0 rings (SSSR count). The molecule has 0 aromatic rings. The van der Waals surface area contributed by atoms with Gasteiger partial charge in [0.25, 0.3) is 0 Å². The molecule has 2 nitrogen and oxygen atoms in total.